The number of phosphoric ester groups is 1. The van der Waals surface area contributed by atoms with E-state index in [1.54, 1.807) is 4.57 Å². The maximum atomic E-state index is 12.5. The van der Waals surface area contributed by atoms with Crippen molar-refractivity contribution in [2.75, 3.05) is 18.1 Å². The number of anilines is 1. The predicted octanol–water partition coefficient (Wildman–Crippen LogP) is -1.14. The fourth-order valence-corrected chi connectivity index (χ4v) is 5.81. The second-order valence-electron chi connectivity index (χ2n) is 6.52. The van der Waals surface area contributed by atoms with Gasteiger partial charge in [0.05, 0.1) is 13.2 Å². The first-order valence-corrected chi connectivity index (χ1v) is 10.8. The van der Waals surface area contributed by atoms with Gasteiger partial charge < -0.3 is 20.5 Å². The highest BCUT2D eigenvalue weighted by Gasteiger charge is 2.55. The standard InChI is InChI=1S/C13H16N5O7PS/c14-12-15-9-6(10(20)16-12)17-2-1-3-27-13(17)18(9)11-7(19)8-5(24-11)4-23-26(21,22)25-8/h5,7-8,11,19H,1-4H2,(H3-,14,15,16,20,21,22)/p+1/t5-,7-,8-,11-/m1/s1. The molecule has 5 N–H and O–H groups in total. The van der Waals surface area contributed by atoms with Crippen molar-refractivity contribution in [1.82, 2.24) is 14.5 Å². The van der Waals surface area contributed by atoms with Gasteiger partial charge in [0.2, 0.25) is 11.7 Å². The van der Waals surface area contributed by atoms with Gasteiger partial charge in [-0.25, -0.2) is 9.13 Å². The minimum absolute atomic E-state index is 0.0569. The van der Waals surface area contributed by atoms with Gasteiger partial charge in [0, 0.05) is 5.75 Å². The number of aryl methyl sites for hydroxylation is 1. The van der Waals surface area contributed by atoms with Crippen LogP contribution in [-0.4, -0.2) is 55.2 Å². The van der Waals surface area contributed by atoms with E-state index < -0.39 is 32.4 Å². The Kier molecular flexibility index (Phi) is 3.92. The monoisotopic (exact) mass is 418 g/mol. The lowest BCUT2D eigenvalue weighted by Gasteiger charge is -2.27. The van der Waals surface area contributed by atoms with Crippen molar-refractivity contribution in [3.63, 3.8) is 0 Å². The number of rotatable bonds is 1. The van der Waals surface area contributed by atoms with E-state index in [1.807, 2.05) is 4.57 Å². The zero-order valence-electron chi connectivity index (χ0n) is 13.8. The number of thioether (sulfide) groups is 1. The number of hydrogen-bond donors (Lipinski definition) is 4. The van der Waals surface area contributed by atoms with Gasteiger partial charge in [0.1, 0.15) is 18.3 Å². The third-order valence-corrected chi connectivity index (χ3v) is 6.96. The molecule has 12 nitrogen and oxygen atoms in total. The van der Waals surface area contributed by atoms with Crippen molar-refractivity contribution in [1.29, 1.82) is 0 Å². The second-order valence-corrected chi connectivity index (χ2v) is 8.99. The third-order valence-electron chi connectivity index (χ3n) is 4.81. The number of nitrogens with one attached hydrogen (secondary N) is 1. The highest BCUT2D eigenvalue weighted by Crippen LogP contribution is 2.52. The molecule has 27 heavy (non-hydrogen) atoms. The summed E-state index contributed by atoms with van der Waals surface area (Å²) in [5.74, 6) is 0.767. The molecule has 0 spiro atoms. The summed E-state index contributed by atoms with van der Waals surface area (Å²) in [4.78, 5) is 28.8. The lowest BCUT2D eigenvalue weighted by molar-refractivity contribution is -0.778. The Balaban J connectivity index is 1.67. The molecule has 0 radical (unpaired) electrons. The maximum Gasteiger partial charge on any atom is 0.472 e. The van der Waals surface area contributed by atoms with Crippen LogP contribution in [0, 0.1) is 0 Å². The van der Waals surface area contributed by atoms with Crippen molar-refractivity contribution in [3.8, 4) is 0 Å². The van der Waals surface area contributed by atoms with E-state index in [-0.39, 0.29) is 23.8 Å². The molecular formula is C13H17N5O7PS+. The zero-order chi connectivity index (χ0) is 18.9. The molecule has 5 rings (SSSR count). The maximum absolute atomic E-state index is 12.5. The van der Waals surface area contributed by atoms with Gasteiger partial charge in [-0.05, 0) is 6.42 Å². The average molecular weight is 418 g/mol. The van der Waals surface area contributed by atoms with Crippen molar-refractivity contribution in [2.24, 2.45) is 0 Å². The fourth-order valence-electron chi connectivity index (χ4n) is 3.72. The number of nitrogens with zero attached hydrogens (tertiary/aromatic N) is 3. The Morgan fingerprint density at radius 1 is 1.48 bits per heavy atom. The van der Waals surface area contributed by atoms with Crippen LogP contribution in [0.5, 0.6) is 0 Å². The molecule has 0 bridgehead atoms. The van der Waals surface area contributed by atoms with E-state index in [9.17, 15) is 19.4 Å². The number of aliphatic hydroxyl groups excluding tert-OH is 1. The van der Waals surface area contributed by atoms with Crippen LogP contribution in [0.2, 0.25) is 0 Å². The molecule has 2 aromatic heterocycles. The van der Waals surface area contributed by atoms with E-state index in [4.69, 9.17) is 19.5 Å². The van der Waals surface area contributed by atoms with Crippen molar-refractivity contribution < 1.29 is 32.9 Å². The normalized spacial score (nSPS) is 35.9. The Hall–Kier alpha value is -1.47. The first-order chi connectivity index (χ1) is 12.9. The van der Waals surface area contributed by atoms with Gasteiger partial charge in [0.15, 0.2) is 0 Å². The first kappa shape index (κ1) is 17.6. The van der Waals surface area contributed by atoms with Crippen LogP contribution < -0.4 is 15.9 Å². The molecule has 0 aromatic carbocycles. The molecule has 5 atom stereocenters. The Bertz CT molecular complexity index is 1040. The van der Waals surface area contributed by atoms with E-state index in [0.29, 0.717) is 17.2 Å². The third kappa shape index (κ3) is 2.65. The summed E-state index contributed by atoms with van der Waals surface area (Å²) in [6.07, 6.45) is -3.13. The number of nitrogens with two attached hydrogens (primary N) is 1. The van der Waals surface area contributed by atoms with Gasteiger partial charge in [0.25, 0.3) is 16.7 Å². The Morgan fingerprint density at radius 3 is 3.11 bits per heavy atom. The molecule has 5 heterocycles. The van der Waals surface area contributed by atoms with Crippen molar-refractivity contribution in [3.05, 3.63) is 10.4 Å². The van der Waals surface area contributed by atoms with Crippen LogP contribution in [0.4, 0.5) is 5.95 Å². The number of fused-ring (bicyclic) bond motifs is 4. The number of hydrogen-bond acceptors (Lipinski definition) is 9. The smallest absolute Gasteiger partial charge is 0.384 e. The molecular weight excluding hydrogens is 401 g/mol. The van der Waals surface area contributed by atoms with Gasteiger partial charge in [-0.3, -0.25) is 18.8 Å². The quantitative estimate of drug-likeness (QED) is 0.329. The predicted molar refractivity (Wildman–Crippen MR) is 90.9 cm³/mol. The van der Waals surface area contributed by atoms with Gasteiger partial charge >= 0.3 is 13.5 Å². The minimum atomic E-state index is -4.23. The number of aliphatic hydroxyl groups is 1. The molecule has 2 fully saturated rings. The number of H-pyrrole nitrogens is 1. The summed E-state index contributed by atoms with van der Waals surface area (Å²) in [6, 6.07) is 0. The molecule has 2 saturated heterocycles. The summed E-state index contributed by atoms with van der Waals surface area (Å²) >= 11 is 1.50. The highest BCUT2D eigenvalue weighted by atomic mass is 32.2. The first-order valence-electron chi connectivity index (χ1n) is 8.31. The number of imidazole rings is 1. The van der Waals surface area contributed by atoms with Gasteiger partial charge in [-0.2, -0.15) is 4.57 Å². The number of nitrogen functional groups attached to an aromatic ring is 1. The van der Waals surface area contributed by atoms with Crippen LogP contribution in [0.15, 0.2) is 9.95 Å². The van der Waals surface area contributed by atoms with Crippen LogP contribution in [0.3, 0.4) is 0 Å². The molecule has 0 amide bonds. The molecule has 14 heteroatoms. The second kappa shape index (κ2) is 6.01. The SMILES string of the molecule is Nc1nc2c(c(=O)[nH]1)n1c([n+]2[C@@H]2O[C@@H]3COP(=O)(O)O[C@H]3[C@H]2O)SCCC1. The average Bonchev–Trinajstić information content (AvgIpc) is 3.09. The minimum Gasteiger partial charge on any atom is -0.384 e. The molecule has 3 aliphatic rings. The summed E-state index contributed by atoms with van der Waals surface area (Å²) in [5.41, 5.74) is 5.95. The van der Waals surface area contributed by atoms with Crippen molar-refractivity contribution in [2.45, 2.75) is 42.7 Å². The number of ether oxygens (including phenoxy) is 1. The lowest BCUT2D eigenvalue weighted by Crippen LogP contribution is -2.48. The van der Waals surface area contributed by atoms with Crippen LogP contribution in [0.25, 0.3) is 11.2 Å². The molecule has 0 saturated carbocycles. The van der Waals surface area contributed by atoms with Crippen LogP contribution >= 0.6 is 19.6 Å². The lowest BCUT2D eigenvalue weighted by atomic mass is 10.1. The molecule has 1 unspecified atom stereocenters. The fraction of sp³-hybridized carbons (Fsp3) is 0.615. The molecule has 3 aliphatic heterocycles. The summed E-state index contributed by atoms with van der Waals surface area (Å²) in [5, 5.41) is 11.5. The van der Waals surface area contributed by atoms with Crippen LogP contribution in [-0.2, 0) is 24.9 Å². The van der Waals surface area contributed by atoms with E-state index in [1.165, 1.54) is 11.8 Å². The molecule has 0 aliphatic carbocycles. The molecule has 146 valence electrons. The summed E-state index contributed by atoms with van der Waals surface area (Å²) < 4.78 is 30.8. The van der Waals surface area contributed by atoms with Gasteiger partial charge in [-0.15, -0.1) is 0 Å². The summed E-state index contributed by atoms with van der Waals surface area (Å²) in [6.45, 7) is 0.422. The Morgan fingerprint density at radius 2 is 2.30 bits per heavy atom. The highest BCUT2D eigenvalue weighted by molar-refractivity contribution is 7.99. The number of aromatic amines is 1. The van der Waals surface area contributed by atoms with Crippen molar-refractivity contribution >= 4 is 36.7 Å². The van der Waals surface area contributed by atoms with Gasteiger partial charge in [-0.1, -0.05) is 16.7 Å². The largest absolute Gasteiger partial charge is 0.472 e. The van der Waals surface area contributed by atoms with Crippen LogP contribution in [0.1, 0.15) is 12.6 Å². The number of phosphoric acid groups is 1. The van der Waals surface area contributed by atoms with E-state index in [0.717, 1.165) is 12.2 Å². The Labute approximate surface area is 155 Å². The summed E-state index contributed by atoms with van der Waals surface area (Å²) in [7, 11) is -4.23. The van der Waals surface area contributed by atoms with E-state index in [2.05, 4.69) is 9.97 Å². The number of aromatic nitrogens is 4. The van der Waals surface area contributed by atoms with E-state index >= 15 is 0 Å². The molecule has 2 aromatic rings. The topological polar surface area (TPSA) is 166 Å². The zero-order valence-corrected chi connectivity index (χ0v) is 15.6.